The molecule has 0 saturated heterocycles. The number of halogens is 1. The van der Waals surface area contributed by atoms with Gasteiger partial charge in [0.25, 0.3) is 0 Å². The van der Waals surface area contributed by atoms with Crippen LogP contribution in [0.15, 0.2) is 36.7 Å². The summed E-state index contributed by atoms with van der Waals surface area (Å²) in [6.45, 7) is 0. The number of rotatable bonds is 3. The monoisotopic (exact) mass is 206 g/mol. The maximum atomic E-state index is 5.59. The van der Waals surface area contributed by atoms with Gasteiger partial charge in [-0.3, -0.25) is 0 Å². The maximum absolute atomic E-state index is 5.59. The van der Waals surface area contributed by atoms with Crippen molar-refractivity contribution in [2.45, 2.75) is 6.42 Å². The van der Waals surface area contributed by atoms with Crippen molar-refractivity contribution < 1.29 is 0 Å². The minimum Gasteiger partial charge on any atom is -0.300 e. The predicted octanol–water partition coefficient (Wildman–Crippen LogP) is 2.98. The Morgan fingerprint density at radius 3 is 3.21 bits per heavy atom. The molecule has 0 bridgehead atoms. The lowest BCUT2D eigenvalue weighted by molar-refractivity contribution is 1.16. The summed E-state index contributed by atoms with van der Waals surface area (Å²) in [6, 6.07) is 5.96. The van der Waals surface area contributed by atoms with Gasteiger partial charge in [0.2, 0.25) is 0 Å². The average Bonchev–Trinajstić information content (AvgIpc) is 2.63. The van der Waals surface area contributed by atoms with Gasteiger partial charge in [-0.1, -0.05) is 12.1 Å². The topological polar surface area (TPSA) is 17.3 Å². The lowest BCUT2D eigenvalue weighted by Gasteiger charge is -1.94. The van der Waals surface area contributed by atoms with E-state index in [1.165, 1.54) is 0 Å². The quantitative estimate of drug-likeness (QED) is 0.706. The van der Waals surface area contributed by atoms with Crippen LogP contribution in [0.3, 0.4) is 0 Å². The molecule has 0 unspecified atom stereocenters. The zero-order valence-electron chi connectivity index (χ0n) is 7.73. The van der Waals surface area contributed by atoms with Gasteiger partial charge in [-0.2, -0.15) is 0 Å². The molecule has 0 amide bonds. The Bertz CT molecular complexity index is 445. The van der Waals surface area contributed by atoms with Crippen LogP contribution in [-0.4, -0.2) is 15.3 Å². The molecule has 0 aliphatic heterocycles. The minimum atomic E-state index is 0.660. The highest BCUT2D eigenvalue weighted by Crippen LogP contribution is 2.07. The van der Waals surface area contributed by atoms with Crippen LogP contribution in [0.4, 0.5) is 0 Å². The van der Waals surface area contributed by atoms with Gasteiger partial charge < -0.3 is 4.40 Å². The Balaban J connectivity index is 2.34. The normalized spacial score (nSPS) is 11.5. The molecule has 0 aliphatic carbocycles. The van der Waals surface area contributed by atoms with Crippen LogP contribution in [0.2, 0.25) is 0 Å². The fourth-order valence-electron chi connectivity index (χ4n) is 1.34. The fourth-order valence-corrected chi connectivity index (χ4v) is 1.47. The van der Waals surface area contributed by atoms with Gasteiger partial charge in [0, 0.05) is 12.1 Å². The van der Waals surface area contributed by atoms with Crippen molar-refractivity contribution in [2.75, 3.05) is 5.88 Å². The molecule has 0 N–H and O–H groups in total. The van der Waals surface area contributed by atoms with E-state index in [0.717, 1.165) is 17.8 Å². The molecular formula is C11H11ClN2. The van der Waals surface area contributed by atoms with E-state index in [0.29, 0.717) is 5.88 Å². The smallest absolute Gasteiger partial charge is 0.137 e. The van der Waals surface area contributed by atoms with E-state index < -0.39 is 0 Å². The van der Waals surface area contributed by atoms with Gasteiger partial charge in [0.15, 0.2) is 0 Å². The molecule has 0 radical (unpaired) electrons. The van der Waals surface area contributed by atoms with E-state index in [9.17, 15) is 0 Å². The van der Waals surface area contributed by atoms with Gasteiger partial charge in [-0.05, 0) is 24.6 Å². The number of hydrogen-bond acceptors (Lipinski definition) is 1. The van der Waals surface area contributed by atoms with E-state index >= 15 is 0 Å². The third-order valence-corrected chi connectivity index (χ3v) is 2.23. The van der Waals surface area contributed by atoms with Gasteiger partial charge in [0.05, 0.1) is 11.9 Å². The molecule has 0 saturated carbocycles. The molecule has 2 heterocycles. The summed E-state index contributed by atoms with van der Waals surface area (Å²) in [4.78, 5) is 4.28. The Kier molecular flexibility index (Phi) is 2.84. The van der Waals surface area contributed by atoms with Gasteiger partial charge in [0.1, 0.15) is 5.65 Å². The van der Waals surface area contributed by atoms with Crippen molar-refractivity contribution >= 4 is 23.3 Å². The molecule has 14 heavy (non-hydrogen) atoms. The summed E-state index contributed by atoms with van der Waals surface area (Å²) in [5.41, 5.74) is 2.06. The van der Waals surface area contributed by atoms with E-state index in [1.807, 2.05) is 41.1 Å². The first-order chi connectivity index (χ1) is 6.92. The first-order valence-corrected chi connectivity index (χ1v) is 5.10. The predicted molar refractivity (Wildman–Crippen MR) is 59.6 cm³/mol. The molecule has 2 aromatic heterocycles. The third kappa shape index (κ3) is 1.80. The number of allylic oxidation sites excluding steroid dienone is 1. The van der Waals surface area contributed by atoms with Crippen LogP contribution in [0.1, 0.15) is 12.1 Å². The number of imidazole rings is 1. The summed E-state index contributed by atoms with van der Waals surface area (Å²) in [5.74, 6) is 0.660. The van der Waals surface area contributed by atoms with Crippen molar-refractivity contribution in [3.63, 3.8) is 0 Å². The van der Waals surface area contributed by atoms with Gasteiger partial charge in [-0.15, -0.1) is 11.6 Å². The van der Waals surface area contributed by atoms with Crippen molar-refractivity contribution in [2.24, 2.45) is 0 Å². The van der Waals surface area contributed by atoms with Crippen LogP contribution in [0, 0.1) is 0 Å². The van der Waals surface area contributed by atoms with E-state index in [4.69, 9.17) is 11.6 Å². The van der Waals surface area contributed by atoms with Crippen molar-refractivity contribution in [3.05, 3.63) is 42.4 Å². The average molecular weight is 207 g/mol. The SMILES string of the molecule is ClCCC=Cc1cnc2ccccn12. The van der Waals surface area contributed by atoms with Crippen LogP contribution < -0.4 is 0 Å². The third-order valence-electron chi connectivity index (χ3n) is 2.01. The van der Waals surface area contributed by atoms with Gasteiger partial charge in [-0.25, -0.2) is 4.98 Å². The maximum Gasteiger partial charge on any atom is 0.137 e. The zero-order chi connectivity index (χ0) is 9.80. The van der Waals surface area contributed by atoms with Crippen LogP contribution >= 0.6 is 11.6 Å². The molecule has 72 valence electrons. The van der Waals surface area contributed by atoms with E-state index in [2.05, 4.69) is 11.1 Å². The molecule has 0 atom stereocenters. The summed E-state index contributed by atoms with van der Waals surface area (Å²) in [5, 5.41) is 0. The van der Waals surface area contributed by atoms with E-state index in [-0.39, 0.29) is 0 Å². The summed E-state index contributed by atoms with van der Waals surface area (Å²) in [6.07, 6.45) is 8.86. The van der Waals surface area contributed by atoms with Crippen molar-refractivity contribution in [1.29, 1.82) is 0 Å². The highest BCUT2D eigenvalue weighted by atomic mass is 35.5. The Labute approximate surface area is 87.8 Å². The molecular weight excluding hydrogens is 196 g/mol. The number of alkyl halides is 1. The largest absolute Gasteiger partial charge is 0.300 e. The molecule has 0 aliphatic rings. The first kappa shape index (κ1) is 9.28. The molecule has 0 aromatic carbocycles. The van der Waals surface area contributed by atoms with Crippen LogP contribution in [-0.2, 0) is 0 Å². The second-order valence-electron chi connectivity index (χ2n) is 2.99. The molecule has 0 fully saturated rings. The fraction of sp³-hybridized carbons (Fsp3) is 0.182. The highest BCUT2D eigenvalue weighted by molar-refractivity contribution is 6.17. The van der Waals surface area contributed by atoms with E-state index in [1.54, 1.807) is 0 Å². The first-order valence-electron chi connectivity index (χ1n) is 4.56. The summed E-state index contributed by atoms with van der Waals surface area (Å²) < 4.78 is 2.05. The molecule has 2 nitrogen and oxygen atoms in total. The molecule has 2 aromatic rings. The second kappa shape index (κ2) is 4.29. The van der Waals surface area contributed by atoms with Crippen molar-refractivity contribution in [1.82, 2.24) is 9.38 Å². The Hall–Kier alpha value is -1.28. The van der Waals surface area contributed by atoms with Crippen molar-refractivity contribution in [3.8, 4) is 0 Å². The highest BCUT2D eigenvalue weighted by Gasteiger charge is 1.96. The molecule has 3 heteroatoms. The number of aromatic nitrogens is 2. The lowest BCUT2D eigenvalue weighted by Crippen LogP contribution is -1.84. The number of nitrogens with zero attached hydrogens (tertiary/aromatic N) is 2. The number of pyridine rings is 1. The molecule has 2 rings (SSSR count). The molecule has 0 spiro atoms. The number of hydrogen-bond donors (Lipinski definition) is 0. The summed E-state index contributed by atoms with van der Waals surface area (Å²) >= 11 is 5.59. The van der Waals surface area contributed by atoms with Crippen LogP contribution in [0.25, 0.3) is 11.7 Å². The Morgan fingerprint density at radius 1 is 1.43 bits per heavy atom. The van der Waals surface area contributed by atoms with Crippen LogP contribution in [0.5, 0.6) is 0 Å². The zero-order valence-corrected chi connectivity index (χ0v) is 8.48. The van der Waals surface area contributed by atoms with Gasteiger partial charge >= 0.3 is 0 Å². The minimum absolute atomic E-state index is 0.660. The lowest BCUT2D eigenvalue weighted by atomic mass is 10.3. The summed E-state index contributed by atoms with van der Waals surface area (Å²) in [7, 11) is 0. The Morgan fingerprint density at radius 2 is 2.36 bits per heavy atom. The second-order valence-corrected chi connectivity index (χ2v) is 3.37. The number of fused-ring (bicyclic) bond motifs is 1. The standard InChI is InChI=1S/C11H11ClN2/c12-7-3-1-5-10-9-13-11-6-2-4-8-14(10)11/h1-2,4-6,8-9H,3,7H2.